The van der Waals surface area contributed by atoms with Gasteiger partial charge in [0.1, 0.15) is 5.56 Å². The van der Waals surface area contributed by atoms with Gasteiger partial charge in [-0.05, 0) is 32.9 Å². The van der Waals surface area contributed by atoms with E-state index in [9.17, 15) is 4.79 Å². The Bertz CT molecular complexity index is 507. The van der Waals surface area contributed by atoms with Crippen LogP contribution in [-0.4, -0.2) is 60.8 Å². The lowest BCUT2D eigenvalue weighted by molar-refractivity contribution is 0.0750. The minimum absolute atomic E-state index is 0.00133. The van der Waals surface area contributed by atoms with Crippen molar-refractivity contribution in [1.82, 2.24) is 15.2 Å². The van der Waals surface area contributed by atoms with Crippen LogP contribution in [0.3, 0.4) is 0 Å². The summed E-state index contributed by atoms with van der Waals surface area (Å²) in [5, 5.41) is 3.05. The molecular weight excluding hydrogens is 282 g/mol. The number of amides is 1. The van der Waals surface area contributed by atoms with E-state index in [1.165, 1.54) is 0 Å². The summed E-state index contributed by atoms with van der Waals surface area (Å²) < 4.78 is 10.9. The SMILES string of the molecule is CCOc1ncccc1C(=O)N[C@H]1CN(C(C)C)C[C@@H]1OC. The molecule has 6 nitrogen and oxygen atoms in total. The molecule has 1 amide bonds. The molecule has 2 atom stereocenters. The van der Waals surface area contributed by atoms with Crippen molar-refractivity contribution < 1.29 is 14.3 Å². The standard InChI is InChI=1S/C16H25N3O3/c1-5-22-16-12(7-6-8-17-16)15(20)18-13-9-19(11(2)3)10-14(13)21-4/h6-8,11,13-14H,5,9-10H2,1-4H3,(H,18,20)/t13-,14-/m0/s1. The smallest absolute Gasteiger partial charge is 0.257 e. The number of pyridine rings is 1. The average molecular weight is 307 g/mol. The first kappa shape index (κ1) is 16.7. The molecule has 0 aromatic carbocycles. The maximum absolute atomic E-state index is 12.5. The van der Waals surface area contributed by atoms with Crippen molar-refractivity contribution in [3.63, 3.8) is 0 Å². The van der Waals surface area contributed by atoms with E-state index < -0.39 is 0 Å². The van der Waals surface area contributed by atoms with Crippen molar-refractivity contribution in [1.29, 1.82) is 0 Å². The number of ether oxygens (including phenoxy) is 2. The van der Waals surface area contributed by atoms with Gasteiger partial charge in [-0.15, -0.1) is 0 Å². The molecule has 0 aliphatic carbocycles. The van der Waals surface area contributed by atoms with Crippen LogP contribution in [0.1, 0.15) is 31.1 Å². The molecule has 1 fully saturated rings. The van der Waals surface area contributed by atoms with E-state index in [2.05, 4.69) is 29.0 Å². The van der Waals surface area contributed by atoms with Crippen LogP contribution in [0.2, 0.25) is 0 Å². The first-order chi connectivity index (χ1) is 10.6. The van der Waals surface area contributed by atoms with Gasteiger partial charge in [0.05, 0.1) is 18.8 Å². The monoisotopic (exact) mass is 307 g/mol. The van der Waals surface area contributed by atoms with Crippen LogP contribution in [0, 0.1) is 0 Å². The van der Waals surface area contributed by atoms with E-state index in [0.717, 1.165) is 13.1 Å². The molecule has 0 radical (unpaired) electrons. The Morgan fingerprint density at radius 3 is 2.91 bits per heavy atom. The fourth-order valence-electron chi connectivity index (χ4n) is 2.66. The highest BCUT2D eigenvalue weighted by molar-refractivity contribution is 5.96. The van der Waals surface area contributed by atoms with Crippen LogP contribution in [0.15, 0.2) is 18.3 Å². The predicted molar refractivity (Wildman–Crippen MR) is 84.2 cm³/mol. The Kier molecular flexibility index (Phi) is 5.74. The molecule has 1 aromatic heterocycles. The zero-order valence-corrected chi connectivity index (χ0v) is 13.7. The minimum Gasteiger partial charge on any atom is -0.477 e. The summed E-state index contributed by atoms with van der Waals surface area (Å²) in [6, 6.07) is 3.86. The summed E-state index contributed by atoms with van der Waals surface area (Å²) in [5.74, 6) is 0.199. The van der Waals surface area contributed by atoms with E-state index in [4.69, 9.17) is 9.47 Å². The van der Waals surface area contributed by atoms with E-state index in [-0.39, 0.29) is 18.1 Å². The van der Waals surface area contributed by atoms with E-state index in [0.29, 0.717) is 24.1 Å². The normalized spacial score (nSPS) is 22.0. The van der Waals surface area contributed by atoms with Gasteiger partial charge >= 0.3 is 0 Å². The fraction of sp³-hybridized carbons (Fsp3) is 0.625. The molecule has 0 saturated carbocycles. The van der Waals surface area contributed by atoms with Crippen LogP contribution in [0.4, 0.5) is 0 Å². The molecular formula is C16H25N3O3. The van der Waals surface area contributed by atoms with Gasteiger partial charge in [0.25, 0.3) is 5.91 Å². The van der Waals surface area contributed by atoms with E-state index in [1.54, 1.807) is 25.4 Å². The summed E-state index contributed by atoms with van der Waals surface area (Å²) in [5.41, 5.74) is 0.460. The zero-order chi connectivity index (χ0) is 16.1. The van der Waals surface area contributed by atoms with Crippen molar-refractivity contribution in [2.75, 3.05) is 26.8 Å². The summed E-state index contributed by atoms with van der Waals surface area (Å²) in [6.45, 7) is 8.24. The molecule has 0 spiro atoms. The van der Waals surface area contributed by atoms with Crippen molar-refractivity contribution in [2.24, 2.45) is 0 Å². The molecule has 22 heavy (non-hydrogen) atoms. The molecule has 6 heteroatoms. The number of carbonyl (C=O) groups is 1. The van der Waals surface area contributed by atoms with Gasteiger partial charge in [0.2, 0.25) is 5.88 Å². The summed E-state index contributed by atoms with van der Waals surface area (Å²) >= 11 is 0. The molecule has 1 aromatic rings. The lowest BCUT2D eigenvalue weighted by Crippen LogP contribution is -2.43. The van der Waals surface area contributed by atoms with Crippen molar-refractivity contribution >= 4 is 5.91 Å². The minimum atomic E-state index is -0.172. The van der Waals surface area contributed by atoms with Crippen LogP contribution >= 0.6 is 0 Å². The van der Waals surface area contributed by atoms with Crippen LogP contribution in [-0.2, 0) is 4.74 Å². The lowest BCUT2D eigenvalue weighted by atomic mass is 10.2. The Morgan fingerprint density at radius 1 is 1.50 bits per heavy atom. The van der Waals surface area contributed by atoms with Gasteiger partial charge in [-0.3, -0.25) is 9.69 Å². The highest BCUT2D eigenvalue weighted by Gasteiger charge is 2.35. The van der Waals surface area contributed by atoms with E-state index >= 15 is 0 Å². The zero-order valence-electron chi connectivity index (χ0n) is 13.7. The molecule has 0 bridgehead atoms. The van der Waals surface area contributed by atoms with Crippen molar-refractivity contribution in [3.8, 4) is 5.88 Å². The number of aromatic nitrogens is 1. The molecule has 1 saturated heterocycles. The van der Waals surface area contributed by atoms with Crippen LogP contribution in [0.5, 0.6) is 5.88 Å². The van der Waals surface area contributed by atoms with Crippen LogP contribution < -0.4 is 10.1 Å². The molecule has 122 valence electrons. The van der Waals surface area contributed by atoms with Gasteiger partial charge in [-0.2, -0.15) is 0 Å². The number of carbonyl (C=O) groups excluding carboxylic acids is 1. The Morgan fingerprint density at radius 2 is 2.27 bits per heavy atom. The second-order valence-corrected chi connectivity index (χ2v) is 5.69. The third kappa shape index (κ3) is 3.75. The topological polar surface area (TPSA) is 63.7 Å². The first-order valence-electron chi connectivity index (χ1n) is 7.72. The Balaban J connectivity index is 2.08. The molecule has 0 unspecified atom stereocenters. The molecule has 2 rings (SSSR count). The van der Waals surface area contributed by atoms with Crippen LogP contribution in [0.25, 0.3) is 0 Å². The fourth-order valence-corrected chi connectivity index (χ4v) is 2.66. The third-order valence-electron chi connectivity index (χ3n) is 3.94. The number of methoxy groups -OCH3 is 1. The summed E-state index contributed by atoms with van der Waals surface area (Å²) in [6.07, 6.45) is 1.62. The van der Waals surface area contributed by atoms with Gasteiger partial charge in [-0.1, -0.05) is 0 Å². The van der Waals surface area contributed by atoms with Gasteiger partial charge in [0, 0.05) is 32.4 Å². The van der Waals surface area contributed by atoms with Crippen molar-refractivity contribution in [2.45, 2.75) is 39.0 Å². The van der Waals surface area contributed by atoms with Gasteiger partial charge in [0.15, 0.2) is 0 Å². The first-order valence-corrected chi connectivity index (χ1v) is 7.72. The third-order valence-corrected chi connectivity index (χ3v) is 3.94. The Hall–Kier alpha value is -1.66. The molecule has 2 heterocycles. The quantitative estimate of drug-likeness (QED) is 0.859. The van der Waals surface area contributed by atoms with E-state index in [1.807, 2.05) is 6.92 Å². The summed E-state index contributed by atoms with van der Waals surface area (Å²) in [7, 11) is 1.68. The number of nitrogens with one attached hydrogen (secondary N) is 1. The Labute approximate surface area is 131 Å². The number of nitrogens with zero attached hydrogens (tertiary/aromatic N) is 2. The predicted octanol–water partition coefficient (Wildman–Crippen LogP) is 1.32. The number of likely N-dealkylation sites (tertiary alicyclic amines) is 1. The lowest BCUT2D eigenvalue weighted by Gasteiger charge is -2.20. The number of rotatable bonds is 6. The second-order valence-electron chi connectivity index (χ2n) is 5.69. The van der Waals surface area contributed by atoms with Crippen molar-refractivity contribution in [3.05, 3.63) is 23.9 Å². The van der Waals surface area contributed by atoms with Gasteiger partial charge < -0.3 is 14.8 Å². The highest BCUT2D eigenvalue weighted by atomic mass is 16.5. The molecule has 1 aliphatic rings. The maximum Gasteiger partial charge on any atom is 0.257 e. The number of hydrogen-bond donors (Lipinski definition) is 1. The van der Waals surface area contributed by atoms with Gasteiger partial charge in [-0.25, -0.2) is 4.98 Å². The molecule has 1 N–H and O–H groups in total. The summed E-state index contributed by atoms with van der Waals surface area (Å²) in [4.78, 5) is 18.9. The molecule has 1 aliphatic heterocycles. The second kappa shape index (κ2) is 7.56. The average Bonchev–Trinajstić information content (AvgIpc) is 2.91. The number of hydrogen-bond acceptors (Lipinski definition) is 5. The largest absolute Gasteiger partial charge is 0.477 e. The highest BCUT2D eigenvalue weighted by Crippen LogP contribution is 2.18. The maximum atomic E-state index is 12.5.